The number of furan rings is 1. The van der Waals surface area contributed by atoms with Crippen LogP contribution >= 0.6 is 0 Å². The minimum atomic E-state index is 0.402. The number of ether oxygens (including phenoxy) is 1. The second-order valence-electron chi connectivity index (χ2n) is 7.06. The summed E-state index contributed by atoms with van der Waals surface area (Å²) in [5.41, 5.74) is 1.22. The molecule has 3 atom stereocenters. The lowest BCUT2D eigenvalue weighted by Gasteiger charge is -2.31. The molecular formula is C18H31NO2. The molecule has 1 aromatic heterocycles. The first-order valence-electron chi connectivity index (χ1n) is 8.39. The van der Waals surface area contributed by atoms with Crippen molar-refractivity contribution in [2.24, 2.45) is 11.8 Å². The van der Waals surface area contributed by atoms with Crippen LogP contribution in [0, 0.1) is 18.8 Å². The second kappa shape index (κ2) is 7.46. The van der Waals surface area contributed by atoms with Gasteiger partial charge < -0.3 is 14.5 Å². The SMILES string of the molecule is Cc1cc(COC2CCC(C)C(C)C2)oc1CNC(C)C. The minimum Gasteiger partial charge on any atom is -0.462 e. The van der Waals surface area contributed by atoms with Gasteiger partial charge in [0.25, 0.3) is 0 Å². The molecule has 0 amide bonds. The van der Waals surface area contributed by atoms with Crippen LogP contribution in [0.2, 0.25) is 0 Å². The van der Waals surface area contributed by atoms with Crippen molar-refractivity contribution in [3.63, 3.8) is 0 Å². The third-order valence-corrected chi connectivity index (χ3v) is 4.75. The van der Waals surface area contributed by atoms with Crippen LogP contribution in [-0.4, -0.2) is 12.1 Å². The van der Waals surface area contributed by atoms with E-state index in [0.717, 1.165) is 29.9 Å². The third-order valence-electron chi connectivity index (χ3n) is 4.75. The summed E-state index contributed by atoms with van der Waals surface area (Å²) in [6.45, 7) is 12.5. The molecule has 0 aromatic carbocycles. The maximum atomic E-state index is 6.07. The Morgan fingerprint density at radius 2 is 2.05 bits per heavy atom. The fraction of sp³-hybridized carbons (Fsp3) is 0.778. The Bertz CT molecular complexity index is 438. The maximum absolute atomic E-state index is 6.07. The van der Waals surface area contributed by atoms with Crippen molar-refractivity contribution in [2.45, 2.75) is 79.2 Å². The minimum absolute atomic E-state index is 0.402. The average molecular weight is 293 g/mol. The summed E-state index contributed by atoms with van der Waals surface area (Å²) < 4.78 is 12.0. The van der Waals surface area contributed by atoms with Gasteiger partial charge in [-0.1, -0.05) is 27.7 Å². The van der Waals surface area contributed by atoms with Gasteiger partial charge in [0.1, 0.15) is 18.1 Å². The van der Waals surface area contributed by atoms with Gasteiger partial charge in [-0.05, 0) is 49.7 Å². The van der Waals surface area contributed by atoms with E-state index in [9.17, 15) is 0 Å². The van der Waals surface area contributed by atoms with Gasteiger partial charge in [0.15, 0.2) is 0 Å². The van der Waals surface area contributed by atoms with Gasteiger partial charge in [0.2, 0.25) is 0 Å². The summed E-state index contributed by atoms with van der Waals surface area (Å²) in [6, 6.07) is 2.59. The molecule has 1 aliphatic rings. The van der Waals surface area contributed by atoms with Crippen molar-refractivity contribution in [3.05, 3.63) is 23.2 Å². The maximum Gasteiger partial charge on any atom is 0.130 e. The fourth-order valence-corrected chi connectivity index (χ4v) is 2.98. The van der Waals surface area contributed by atoms with Crippen molar-refractivity contribution in [3.8, 4) is 0 Å². The van der Waals surface area contributed by atoms with E-state index in [1.807, 2.05) is 0 Å². The number of rotatable bonds is 6. The third kappa shape index (κ3) is 4.86. The van der Waals surface area contributed by atoms with E-state index in [-0.39, 0.29) is 0 Å². The van der Waals surface area contributed by atoms with Crippen LogP contribution in [0.5, 0.6) is 0 Å². The van der Waals surface area contributed by atoms with Crippen LogP contribution in [0.3, 0.4) is 0 Å². The van der Waals surface area contributed by atoms with Gasteiger partial charge in [0.05, 0.1) is 12.6 Å². The van der Waals surface area contributed by atoms with Gasteiger partial charge in [0, 0.05) is 6.04 Å². The molecule has 1 aromatic rings. The number of nitrogens with one attached hydrogen (secondary N) is 1. The van der Waals surface area contributed by atoms with Crippen molar-refractivity contribution in [1.29, 1.82) is 0 Å². The second-order valence-corrected chi connectivity index (χ2v) is 7.06. The van der Waals surface area contributed by atoms with E-state index in [4.69, 9.17) is 9.15 Å². The molecule has 1 fully saturated rings. The first-order valence-corrected chi connectivity index (χ1v) is 8.39. The van der Waals surface area contributed by atoms with Gasteiger partial charge >= 0.3 is 0 Å². The monoisotopic (exact) mass is 293 g/mol. The zero-order valence-corrected chi connectivity index (χ0v) is 14.2. The normalized spacial score (nSPS) is 26.5. The smallest absolute Gasteiger partial charge is 0.130 e. The highest BCUT2D eigenvalue weighted by Gasteiger charge is 2.25. The predicted molar refractivity (Wildman–Crippen MR) is 86.2 cm³/mol. The largest absolute Gasteiger partial charge is 0.462 e. The van der Waals surface area contributed by atoms with Crippen molar-refractivity contribution in [1.82, 2.24) is 5.32 Å². The van der Waals surface area contributed by atoms with Crippen LogP contribution in [0.15, 0.2) is 10.5 Å². The number of aryl methyl sites for hydroxylation is 1. The molecule has 1 saturated carbocycles. The topological polar surface area (TPSA) is 34.4 Å². The quantitative estimate of drug-likeness (QED) is 0.842. The van der Waals surface area contributed by atoms with Crippen LogP contribution < -0.4 is 5.32 Å². The van der Waals surface area contributed by atoms with Crippen molar-refractivity contribution >= 4 is 0 Å². The van der Waals surface area contributed by atoms with Crippen LogP contribution in [0.25, 0.3) is 0 Å². The highest BCUT2D eigenvalue weighted by atomic mass is 16.5. The number of hydrogen-bond donors (Lipinski definition) is 1. The molecular weight excluding hydrogens is 262 g/mol. The van der Waals surface area contributed by atoms with Gasteiger partial charge in [-0.3, -0.25) is 0 Å². The molecule has 1 N–H and O–H groups in total. The first-order chi connectivity index (χ1) is 9.95. The lowest BCUT2D eigenvalue weighted by molar-refractivity contribution is -0.0142. The molecule has 1 aliphatic carbocycles. The summed E-state index contributed by atoms with van der Waals surface area (Å²) in [5.74, 6) is 3.60. The van der Waals surface area contributed by atoms with E-state index in [1.165, 1.54) is 24.8 Å². The van der Waals surface area contributed by atoms with Gasteiger partial charge in [-0.15, -0.1) is 0 Å². The van der Waals surface area contributed by atoms with Gasteiger partial charge in [-0.2, -0.15) is 0 Å². The molecule has 0 aliphatic heterocycles. The Morgan fingerprint density at radius 1 is 1.29 bits per heavy atom. The molecule has 0 saturated heterocycles. The number of hydrogen-bond acceptors (Lipinski definition) is 3. The molecule has 21 heavy (non-hydrogen) atoms. The molecule has 3 nitrogen and oxygen atoms in total. The summed E-state index contributed by atoms with van der Waals surface area (Å²) in [7, 11) is 0. The van der Waals surface area contributed by atoms with E-state index in [1.54, 1.807) is 0 Å². The molecule has 0 bridgehead atoms. The Hall–Kier alpha value is -0.800. The fourth-order valence-electron chi connectivity index (χ4n) is 2.98. The highest BCUT2D eigenvalue weighted by Crippen LogP contribution is 2.31. The molecule has 1 heterocycles. The Labute approximate surface area is 129 Å². The first kappa shape index (κ1) is 16.6. The van der Waals surface area contributed by atoms with Gasteiger partial charge in [-0.25, -0.2) is 0 Å². The Morgan fingerprint density at radius 3 is 2.71 bits per heavy atom. The summed E-state index contributed by atoms with van der Waals surface area (Å²) >= 11 is 0. The Balaban J connectivity index is 1.82. The van der Waals surface area contributed by atoms with Crippen molar-refractivity contribution in [2.75, 3.05) is 0 Å². The molecule has 0 spiro atoms. The zero-order valence-electron chi connectivity index (χ0n) is 14.2. The molecule has 3 heteroatoms. The van der Waals surface area contributed by atoms with Crippen LogP contribution in [0.4, 0.5) is 0 Å². The van der Waals surface area contributed by atoms with E-state index in [2.05, 4.69) is 46.0 Å². The van der Waals surface area contributed by atoms with E-state index < -0.39 is 0 Å². The lowest BCUT2D eigenvalue weighted by atomic mass is 9.80. The zero-order chi connectivity index (χ0) is 15.4. The standard InChI is InChI=1S/C18H31NO2/c1-12(2)19-10-18-15(5)9-17(21-18)11-20-16-7-6-13(3)14(4)8-16/h9,12-14,16,19H,6-8,10-11H2,1-5H3. The summed E-state index contributed by atoms with van der Waals surface area (Å²) in [6.07, 6.45) is 4.06. The molecule has 2 rings (SSSR count). The van der Waals surface area contributed by atoms with Crippen LogP contribution in [-0.2, 0) is 17.9 Å². The summed E-state index contributed by atoms with van der Waals surface area (Å²) in [5, 5.41) is 3.40. The van der Waals surface area contributed by atoms with Crippen molar-refractivity contribution < 1.29 is 9.15 Å². The Kier molecular flexibility index (Phi) is 5.88. The van der Waals surface area contributed by atoms with Crippen LogP contribution in [0.1, 0.15) is 64.0 Å². The predicted octanol–water partition coefficient (Wildman–Crippen LogP) is 4.43. The summed E-state index contributed by atoms with van der Waals surface area (Å²) in [4.78, 5) is 0. The van der Waals surface area contributed by atoms with E-state index in [0.29, 0.717) is 18.8 Å². The molecule has 0 radical (unpaired) electrons. The molecule has 120 valence electrons. The highest BCUT2D eigenvalue weighted by molar-refractivity contribution is 5.19. The van der Waals surface area contributed by atoms with E-state index >= 15 is 0 Å². The average Bonchev–Trinajstić information content (AvgIpc) is 2.78. The lowest BCUT2D eigenvalue weighted by Crippen LogP contribution is -2.26. The molecule has 3 unspecified atom stereocenters.